The number of rotatable bonds is 6. The van der Waals surface area contributed by atoms with Crippen molar-refractivity contribution in [3.63, 3.8) is 0 Å². The van der Waals surface area contributed by atoms with E-state index in [0.717, 1.165) is 5.56 Å². The number of aromatic amines is 1. The molecule has 0 unspecified atom stereocenters. The van der Waals surface area contributed by atoms with Crippen molar-refractivity contribution in [2.75, 3.05) is 0 Å². The third kappa shape index (κ3) is 4.60. The predicted molar refractivity (Wildman–Crippen MR) is 117 cm³/mol. The van der Waals surface area contributed by atoms with Crippen LogP contribution in [0.3, 0.4) is 0 Å². The highest BCUT2D eigenvalue weighted by atomic mass is 35.5. The fourth-order valence-corrected chi connectivity index (χ4v) is 3.19. The topological polar surface area (TPSA) is 124 Å². The van der Waals surface area contributed by atoms with Crippen LogP contribution in [0.15, 0.2) is 92.2 Å². The largest absolute Gasteiger partial charge is 0.436 e. The first kappa shape index (κ1) is 20.5. The van der Waals surface area contributed by atoms with Gasteiger partial charge in [-0.25, -0.2) is 4.99 Å². The molecule has 5 rings (SSSR count). The molecule has 3 heterocycles. The van der Waals surface area contributed by atoms with Crippen LogP contribution in [0.5, 0.6) is 11.6 Å². The lowest BCUT2D eigenvalue weighted by Crippen LogP contribution is -2.36. The molecule has 0 fully saturated rings. The Kier molecular flexibility index (Phi) is 5.56. The number of ether oxygens (including phenoxy) is 1. The molecule has 33 heavy (non-hydrogen) atoms. The van der Waals surface area contributed by atoms with Crippen LogP contribution in [0, 0.1) is 0 Å². The van der Waals surface area contributed by atoms with Gasteiger partial charge in [0.1, 0.15) is 17.6 Å². The van der Waals surface area contributed by atoms with Crippen molar-refractivity contribution < 1.29 is 13.7 Å². The van der Waals surface area contributed by atoms with Crippen LogP contribution in [-0.2, 0) is 6.54 Å². The second-order valence-corrected chi connectivity index (χ2v) is 7.27. The Morgan fingerprint density at radius 2 is 1.91 bits per heavy atom. The Hall–Kier alpha value is -4.44. The van der Waals surface area contributed by atoms with E-state index in [4.69, 9.17) is 25.3 Å². The monoisotopic (exact) mass is 462 g/mol. The van der Waals surface area contributed by atoms with Gasteiger partial charge < -0.3 is 18.7 Å². The highest BCUT2D eigenvalue weighted by Crippen LogP contribution is 2.22. The van der Waals surface area contributed by atoms with Crippen molar-refractivity contribution in [2.45, 2.75) is 6.54 Å². The van der Waals surface area contributed by atoms with Crippen LogP contribution >= 0.6 is 11.6 Å². The minimum Gasteiger partial charge on any atom is -0.436 e. The number of H-pyrrole nitrogens is 1. The van der Waals surface area contributed by atoms with E-state index >= 15 is 0 Å². The van der Waals surface area contributed by atoms with Crippen LogP contribution in [0.4, 0.5) is 5.69 Å². The average Bonchev–Trinajstić information content (AvgIpc) is 3.54. The lowest BCUT2D eigenvalue weighted by Gasteiger charge is -2.09. The van der Waals surface area contributed by atoms with Gasteiger partial charge in [-0.3, -0.25) is 9.36 Å². The maximum atomic E-state index is 13.3. The summed E-state index contributed by atoms with van der Waals surface area (Å²) in [7, 11) is 0. The van der Waals surface area contributed by atoms with E-state index in [0.29, 0.717) is 28.0 Å². The molecule has 0 amide bonds. The zero-order valence-electron chi connectivity index (χ0n) is 16.9. The summed E-state index contributed by atoms with van der Waals surface area (Å²) in [4.78, 5) is 20.9. The highest BCUT2D eigenvalue weighted by Gasteiger charge is 2.13. The first-order valence-electron chi connectivity index (χ1n) is 9.72. The lowest BCUT2D eigenvalue weighted by molar-refractivity contribution is 0.367. The molecule has 0 aliphatic heterocycles. The molecular formula is C22H15ClN6O4. The van der Waals surface area contributed by atoms with Crippen molar-refractivity contribution in [3.05, 3.63) is 100 Å². The van der Waals surface area contributed by atoms with E-state index in [9.17, 15) is 4.79 Å². The molecular weight excluding hydrogens is 448 g/mol. The molecule has 10 nitrogen and oxygen atoms in total. The fraction of sp³-hybridized carbons (Fsp3) is 0.0455. The number of aromatic nitrogens is 5. The van der Waals surface area contributed by atoms with Gasteiger partial charge in [-0.1, -0.05) is 23.7 Å². The fourth-order valence-electron chi connectivity index (χ4n) is 3.06. The Balaban J connectivity index is 1.54. The molecule has 11 heteroatoms. The Labute approximate surface area is 190 Å². The number of nitrogens with one attached hydrogen (secondary N) is 1. The molecule has 164 valence electrons. The molecule has 0 saturated carbocycles. The second kappa shape index (κ2) is 8.97. The maximum Gasteiger partial charge on any atom is 0.267 e. The van der Waals surface area contributed by atoms with E-state index < -0.39 is 0 Å². The van der Waals surface area contributed by atoms with E-state index in [1.54, 1.807) is 42.5 Å². The van der Waals surface area contributed by atoms with Crippen LogP contribution in [-0.4, -0.2) is 24.9 Å². The van der Waals surface area contributed by atoms with Crippen LogP contribution < -0.4 is 15.9 Å². The second-order valence-electron chi connectivity index (χ2n) is 6.83. The Morgan fingerprint density at radius 1 is 1.09 bits per heavy atom. The number of benzene rings is 2. The zero-order chi connectivity index (χ0) is 22.6. The van der Waals surface area contributed by atoms with Gasteiger partial charge in [-0.2, -0.15) is 0 Å². The van der Waals surface area contributed by atoms with Gasteiger partial charge in [0, 0.05) is 17.3 Å². The smallest absolute Gasteiger partial charge is 0.267 e. The standard InChI is InChI=1S/C22H15ClN6O4/c23-15-3-1-14(2-4-15)12-29-21(30)18(20-27-25-13-31-20)11-24-22(29)26-16-5-7-17(8-6-16)33-19-9-10-32-28-19/h1-11,13H,12H2,(H,24,26). The summed E-state index contributed by atoms with van der Waals surface area (Å²) in [6.07, 6.45) is 4.08. The SMILES string of the molecule is O=c1c(-c2nnco2)c[nH]/c(=N\c2ccc(Oc3ccon3)cc2)n1Cc1ccc(Cl)cc1. The van der Waals surface area contributed by atoms with E-state index in [-0.39, 0.29) is 23.6 Å². The molecule has 1 N–H and O–H groups in total. The molecule has 3 aromatic heterocycles. The van der Waals surface area contributed by atoms with Gasteiger partial charge in [0.2, 0.25) is 12.0 Å². The average molecular weight is 463 g/mol. The quantitative estimate of drug-likeness (QED) is 0.405. The van der Waals surface area contributed by atoms with E-state index in [2.05, 4.69) is 25.3 Å². The van der Waals surface area contributed by atoms with Crippen molar-refractivity contribution >= 4 is 17.3 Å². The summed E-state index contributed by atoms with van der Waals surface area (Å²) < 4.78 is 17.0. The number of nitrogens with zero attached hydrogens (tertiary/aromatic N) is 5. The van der Waals surface area contributed by atoms with Gasteiger partial charge in [0.05, 0.1) is 12.2 Å². The van der Waals surface area contributed by atoms with Crippen LogP contribution in [0.1, 0.15) is 5.56 Å². The molecule has 0 aliphatic rings. The van der Waals surface area contributed by atoms with Gasteiger partial charge >= 0.3 is 0 Å². The van der Waals surface area contributed by atoms with Gasteiger partial charge in [-0.05, 0) is 47.1 Å². The van der Waals surface area contributed by atoms with Crippen LogP contribution in [0.2, 0.25) is 5.02 Å². The number of halogens is 1. The molecule has 0 bridgehead atoms. The van der Waals surface area contributed by atoms with Crippen molar-refractivity contribution in [3.8, 4) is 23.1 Å². The minimum atomic E-state index is -0.335. The molecule has 0 spiro atoms. The molecule has 0 atom stereocenters. The summed E-state index contributed by atoms with van der Waals surface area (Å²) >= 11 is 5.99. The molecule has 5 aromatic rings. The maximum absolute atomic E-state index is 13.3. The highest BCUT2D eigenvalue weighted by molar-refractivity contribution is 6.30. The van der Waals surface area contributed by atoms with Crippen LogP contribution in [0.25, 0.3) is 11.5 Å². The molecule has 0 radical (unpaired) electrons. The summed E-state index contributed by atoms with van der Waals surface area (Å²) in [5.41, 5.74) is 1.71. The van der Waals surface area contributed by atoms with Gasteiger partial charge in [0.25, 0.3) is 17.3 Å². The minimum absolute atomic E-state index is 0.113. The van der Waals surface area contributed by atoms with Crippen molar-refractivity contribution in [1.29, 1.82) is 0 Å². The first-order chi connectivity index (χ1) is 16.2. The summed E-state index contributed by atoms with van der Waals surface area (Å²) in [6, 6.07) is 15.8. The van der Waals surface area contributed by atoms with E-state index in [1.165, 1.54) is 23.4 Å². The molecule has 0 saturated heterocycles. The van der Waals surface area contributed by atoms with Crippen molar-refractivity contribution in [2.24, 2.45) is 4.99 Å². The zero-order valence-corrected chi connectivity index (χ0v) is 17.6. The first-order valence-corrected chi connectivity index (χ1v) is 10.1. The third-order valence-electron chi connectivity index (χ3n) is 4.63. The summed E-state index contributed by atoms with van der Waals surface area (Å²) in [6.45, 7) is 0.251. The number of hydrogen-bond acceptors (Lipinski definition) is 8. The normalized spacial score (nSPS) is 11.6. The predicted octanol–water partition coefficient (Wildman–Crippen LogP) is 3.94. The Bertz CT molecular complexity index is 1470. The molecule has 2 aromatic carbocycles. The lowest BCUT2D eigenvalue weighted by atomic mass is 10.2. The van der Waals surface area contributed by atoms with Gasteiger partial charge in [0.15, 0.2) is 0 Å². The van der Waals surface area contributed by atoms with Crippen molar-refractivity contribution in [1.82, 2.24) is 24.9 Å². The van der Waals surface area contributed by atoms with Gasteiger partial charge in [-0.15, -0.1) is 10.2 Å². The Morgan fingerprint density at radius 3 is 2.61 bits per heavy atom. The third-order valence-corrected chi connectivity index (χ3v) is 4.88. The number of hydrogen-bond donors (Lipinski definition) is 1. The molecule has 0 aliphatic carbocycles. The van der Waals surface area contributed by atoms with E-state index in [1.807, 2.05) is 12.1 Å². The summed E-state index contributed by atoms with van der Waals surface area (Å²) in [5.74, 6) is 1.03. The summed E-state index contributed by atoms with van der Waals surface area (Å²) in [5, 5.41) is 11.8.